The molecule has 0 saturated heterocycles. The molecule has 128 valence electrons. The molecule has 0 bridgehead atoms. The molecule has 2 rings (SSSR count). The van der Waals surface area contributed by atoms with Crippen molar-refractivity contribution in [1.29, 1.82) is 0 Å². The summed E-state index contributed by atoms with van der Waals surface area (Å²) in [5, 5.41) is 5.32. The Bertz CT molecular complexity index is 524. The van der Waals surface area contributed by atoms with Crippen LogP contribution in [0.4, 0.5) is 0 Å². The normalized spacial score (nSPS) is 17.9. The van der Waals surface area contributed by atoms with Crippen LogP contribution >= 0.6 is 0 Å². The highest BCUT2D eigenvalue weighted by Gasteiger charge is 2.30. The molecule has 1 aromatic rings. The number of benzene rings is 1. The zero-order valence-electron chi connectivity index (χ0n) is 15.5. The largest absolute Gasteiger partial charge is 0.348 e. The van der Waals surface area contributed by atoms with E-state index in [2.05, 4.69) is 69.5 Å². The smallest absolute Gasteiger partial charge is 0.278 e. The van der Waals surface area contributed by atoms with Crippen molar-refractivity contribution in [2.45, 2.75) is 77.9 Å². The third-order valence-electron chi connectivity index (χ3n) is 4.71. The van der Waals surface area contributed by atoms with E-state index in [1.807, 2.05) is 6.92 Å². The molecule has 1 aliphatic carbocycles. The van der Waals surface area contributed by atoms with E-state index in [1.54, 1.807) is 0 Å². The summed E-state index contributed by atoms with van der Waals surface area (Å²) < 4.78 is 0. The standard InChI is InChI=1S/C20H32N2O/c1-13(2)18(21-14(3)19(23)22-17-11-12-17)15-7-9-16(10-8-15)20(4,5)6/h7-10,13-14,17-18,21H,11-12H2,1-6H3,(H,22,23)/p+1/t14-,18+/m0/s1. The van der Waals surface area contributed by atoms with Crippen molar-refractivity contribution in [3.8, 4) is 0 Å². The number of quaternary nitrogens is 1. The summed E-state index contributed by atoms with van der Waals surface area (Å²) in [6, 6.07) is 9.61. The van der Waals surface area contributed by atoms with Crippen LogP contribution < -0.4 is 10.6 Å². The van der Waals surface area contributed by atoms with E-state index >= 15 is 0 Å². The zero-order chi connectivity index (χ0) is 17.2. The third-order valence-corrected chi connectivity index (χ3v) is 4.71. The topological polar surface area (TPSA) is 45.7 Å². The molecular formula is C20H33N2O+. The van der Waals surface area contributed by atoms with Crippen LogP contribution in [0.15, 0.2) is 24.3 Å². The SMILES string of the molecule is CC(C)[C@@H]([NH2+][C@@H](C)C(=O)NC1CC1)c1ccc(C(C)(C)C)cc1. The maximum atomic E-state index is 12.2. The molecule has 1 saturated carbocycles. The van der Waals surface area contributed by atoms with Gasteiger partial charge in [0.2, 0.25) is 0 Å². The lowest BCUT2D eigenvalue weighted by atomic mass is 9.85. The molecule has 23 heavy (non-hydrogen) atoms. The Labute approximate surface area is 141 Å². The van der Waals surface area contributed by atoms with Gasteiger partial charge in [-0.15, -0.1) is 0 Å². The number of nitrogens with one attached hydrogen (secondary N) is 1. The Kier molecular flexibility index (Phi) is 5.51. The summed E-state index contributed by atoms with van der Waals surface area (Å²) in [7, 11) is 0. The minimum atomic E-state index is -0.0507. The number of hydrogen-bond acceptors (Lipinski definition) is 1. The van der Waals surface area contributed by atoms with Gasteiger partial charge in [0, 0.05) is 17.5 Å². The molecule has 2 atom stereocenters. The van der Waals surface area contributed by atoms with Crippen molar-refractivity contribution < 1.29 is 10.1 Å². The highest BCUT2D eigenvalue weighted by atomic mass is 16.2. The molecule has 0 spiro atoms. The predicted octanol–water partition coefficient (Wildman–Crippen LogP) is 2.91. The highest BCUT2D eigenvalue weighted by molar-refractivity contribution is 5.80. The van der Waals surface area contributed by atoms with E-state index in [1.165, 1.54) is 11.1 Å². The first-order valence-corrected chi connectivity index (χ1v) is 8.94. The molecule has 1 aromatic carbocycles. The lowest BCUT2D eigenvalue weighted by Crippen LogP contribution is -2.93. The average Bonchev–Trinajstić information content (AvgIpc) is 3.27. The van der Waals surface area contributed by atoms with Gasteiger partial charge < -0.3 is 10.6 Å². The van der Waals surface area contributed by atoms with E-state index in [0.29, 0.717) is 18.0 Å². The lowest BCUT2D eigenvalue weighted by molar-refractivity contribution is -0.719. The number of carbonyl (C=O) groups is 1. The maximum absolute atomic E-state index is 12.2. The van der Waals surface area contributed by atoms with Gasteiger partial charge in [-0.05, 0) is 30.7 Å². The average molecular weight is 317 g/mol. The monoisotopic (exact) mass is 317 g/mol. The van der Waals surface area contributed by atoms with Crippen LogP contribution in [0, 0.1) is 5.92 Å². The van der Waals surface area contributed by atoms with Gasteiger partial charge in [0.25, 0.3) is 5.91 Å². The Morgan fingerprint density at radius 3 is 2.13 bits per heavy atom. The van der Waals surface area contributed by atoms with Crippen LogP contribution in [0.5, 0.6) is 0 Å². The van der Waals surface area contributed by atoms with Crippen LogP contribution in [0.2, 0.25) is 0 Å². The number of carbonyl (C=O) groups excluding carboxylic acids is 1. The molecule has 0 heterocycles. The molecule has 3 nitrogen and oxygen atoms in total. The molecule has 3 heteroatoms. The summed E-state index contributed by atoms with van der Waals surface area (Å²) >= 11 is 0. The number of amides is 1. The van der Waals surface area contributed by atoms with Crippen molar-refractivity contribution in [3.05, 3.63) is 35.4 Å². The van der Waals surface area contributed by atoms with Crippen molar-refractivity contribution in [2.24, 2.45) is 5.92 Å². The van der Waals surface area contributed by atoms with Crippen LogP contribution in [0.25, 0.3) is 0 Å². The van der Waals surface area contributed by atoms with Gasteiger partial charge in [-0.1, -0.05) is 58.9 Å². The van der Waals surface area contributed by atoms with E-state index < -0.39 is 0 Å². The summed E-state index contributed by atoms with van der Waals surface area (Å²) in [5.74, 6) is 0.649. The van der Waals surface area contributed by atoms with Gasteiger partial charge in [0.15, 0.2) is 6.04 Å². The minimum Gasteiger partial charge on any atom is -0.348 e. The predicted molar refractivity (Wildman–Crippen MR) is 95.3 cm³/mol. The second-order valence-electron chi connectivity index (χ2n) is 8.41. The Hall–Kier alpha value is -1.35. The molecule has 3 N–H and O–H groups in total. The first-order chi connectivity index (χ1) is 10.7. The second-order valence-corrected chi connectivity index (χ2v) is 8.41. The summed E-state index contributed by atoms with van der Waals surface area (Å²) in [6.45, 7) is 13.2. The molecule has 0 unspecified atom stereocenters. The van der Waals surface area contributed by atoms with Crippen molar-refractivity contribution >= 4 is 5.91 Å². The number of hydrogen-bond donors (Lipinski definition) is 2. The fourth-order valence-corrected chi connectivity index (χ4v) is 2.88. The van der Waals surface area contributed by atoms with Crippen molar-refractivity contribution in [1.82, 2.24) is 5.32 Å². The lowest BCUT2D eigenvalue weighted by Gasteiger charge is -2.25. The van der Waals surface area contributed by atoms with Crippen LogP contribution in [-0.2, 0) is 10.2 Å². The van der Waals surface area contributed by atoms with Gasteiger partial charge in [-0.2, -0.15) is 0 Å². The molecule has 1 fully saturated rings. The van der Waals surface area contributed by atoms with E-state index in [9.17, 15) is 4.79 Å². The third kappa shape index (κ3) is 5.07. The minimum absolute atomic E-state index is 0.0507. The summed E-state index contributed by atoms with van der Waals surface area (Å²) in [4.78, 5) is 12.2. The van der Waals surface area contributed by atoms with Gasteiger partial charge in [-0.3, -0.25) is 4.79 Å². The molecule has 0 radical (unpaired) electrons. The van der Waals surface area contributed by atoms with Crippen molar-refractivity contribution in [3.63, 3.8) is 0 Å². The first-order valence-electron chi connectivity index (χ1n) is 8.94. The molecule has 1 amide bonds. The van der Waals surface area contributed by atoms with E-state index in [0.717, 1.165) is 12.8 Å². The maximum Gasteiger partial charge on any atom is 0.278 e. The number of nitrogens with two attached hydrogens (primary N) is 1. The van der Waals surface area contributed by atoms with Gasteiger partial charge in [0.05, 0.1) is 0 Å². The first kappa shape index (κ1) is 18.0. The molecule has 1 aliphatic rings. The molecule has 0 aliphatic heterocycles. The van der Waals surface area contributed by atoms with Crippen LogP contribution in [0.3, 0.4) is 0 Å². The fourth-order valence-electron chi connectivity index (χ4n) is 2.88. The highest BCUT2D eigenvalue weighted by Crippen LogP contribution is 2.25. The van der Waals surface area contributed by atoms with Gasteiger partial charge in [-0.25, -0.2) is 0 Å². The van der Waals surface area contributed by atoms with Gasteiger partial charge in [0.1, 0.15) is 6.04 Å². The van der Waals surface area contributed by atoms with Crippen molar-refractivity contribution in [2.75, 3.05) is 0 Å². The number of rotatable bonds is 6. The Balaban J connectivity index is 2.06. The summed E-state index contributed by atoms with van der Waals surface area (Å²) in [5.41, 5.74) is 2.83. The van der Waals surface area contributed by atoms with Crippen LogP contribution in [-0.4, -0.2) is 18.0 Å². The summed E-state index contributed by atoms with van der Waals surface area (Å²) in [6.07, 6.45) is 2.28. The van der Waals surface area contributed by atoms with E-state index in [4.69, 9.17) is 0 Å². The fraction of sp³-hybridized carbons (Fsp3) is 0.650. The molecular weight excluding hydrogens is 284 g/mol. The zero-order valence-corrected chi connectivity index (χ0v) is 15.5. The van der Waals surface area contributed by atoms with Crippen LogP contribution in [0.1, 0.15) is 71.6 Å². The Morgan fingerprint density at radius 2 is 1.70 bits per heavy atom. The second kappa shape index (κ2) is 7.04. The van der Waals surface area contributed by atoms with E-state index in [-0.39, 0.29) is 17.4 Å². The quantitative estimate of drug-likeness (QED) is 0.832. The van der Waals surface area contributed by atoms with Gasteiger partial charge >= 0.3 is 0 Å². The Morgan fingerprint density at radius 1 is 1.13 bits per heavy atom. The molecule has 0 aromatic heterocycles.